The fourth-order valence-corrected chi connectivity index (χ4v) is 1.47. The van der Waals surface area contributed by atoms with Crippen molar-refractivity contribution in [2.24, 2.45) is 7.05 Å². The van der Waals surface area contributed by atoms with E-state index in [4.69, 9.17) is 0 Å². The lowest BCUT2D eigenvalue weighted by atomic mass is 10.3. The van der Waals surface area contributed by atoms with Gasteiger partial charge in [0.05, 0.1) is 17.9 Å². The molecule has 0 unspecified atom stereocenters. The molecule has 2 aromatic heterocycles. The molecule has 0 aliphatic rings. The van der Waals surface area contributed by atoms with Crippen LogP contribution in [0.1, 0.15) is 11.4 Å². The Bertz CT molecular complexity index is 384. The van der Waals surface area contributed by atoms with Gasteiger partial charge in [0.15, 0.2) is 0 Å². The number of hydrogen-bond donors (Lipinski definition) is 0. The molecule has 0 N–H and O–H groups in total. The van der Waals surface area contributed by atoms with Gasteiger partial charge in [-0.25, -0.2) is 0 Å². The molecule has 0 amide bonds. The Labute approximate surface area is 77.6 Å². The fourth-order valence-electron chi connectivity index (χ4n) is 1.47. The van der Waals surface area contributed by atoms with E-state index in [1.165, 1.54) is 5.69 Å². The quantitative estimate of drug-likeness (QED) is 0.679. The molecule has 0 fully saturated rings. The molecule has 68 valence electrons. The van der Waals surface area contributed by atoms with Gasteiger partial charge in [0.25, 0.3) is 0 Å². The molecule has 0 saturated carbocycles. The average Bonchev–Trinajstić information content (AvgIpc) is 2.63. The molecule has 0 atom stereocenters. The van der Waals surface area contributed by atoms with Crippen LogP contribution in [0.2, 0.25) is 0 Å². The molecule has 2 aromatic rings. The summed E-state index contributed by atoms with van der Waals surface area (Å²) in [7, 11) is 1.98. The molecule has 0 spiro atoms. The average molecular weight is 175 g/mol. The molecule has 0 radical (unpaired) electrons. The highest BCUT2D eigenvalue weighted by Crippen LogP contribution is 2.04. The Kier molecular flexibility index (Phi) is 1.93. The molecule has 0 aliphatic heterocycles. The van der Waals surface area contributed by atoms with Gasteiger partial charge >= 0.3 is 0 Å². The maximum atomic E-state index is 4.29. The van der Waals surface area contributed by atoms with Crippen LogP contribution in [-0.4, -0.2) is 14.3 Å². The van der Waals surface area contributed by atoms with Gasteiger partial charge in [-0.15, -0.1) is 0 Å². The van der Waals surface area contributed by atoms with Crippen molar-refractivity contribution in [2.45, 2.75) is 13.5 Å². The molecule has 0 bridgehead atoms. The summed E-state index contributed by atoms with van der Waals surface area (Å²) in [4.78, 5) is 0. The van der Waals surface area contributed by atoms with Crippen molar-refractivity contribution in [1.29, 1.82) is 0 Å². The standard InChI is InChI=1S/C10H13N3/c1-9-7-10(12(2)11-9)8-13-5-3-4-6-13/h3-7H,8H2,1-2H3. The Morgan fingerprint density at radius 1 is 1.31 bits per heavy atom. The van der Waals surface area contributed by atoms with Crippen molar-refractivity contribution < 1.29 is 0 Å². The number of hydrogen-bond acceptors (Lipinski definition) is 1. The molecule has 0 saturated heterocycles. The number of rotatable bonds is 2. The number of aryl methyl sites for hydroxylation is 2. The molecule has 2 heterocycles. The van der Waals surface area contributed by atoms with E-state index in [-0.39, 0.29) is 0 Å². The third-order valence-electron chi connectivity index (χ3n) is 2.11. The van der Waals surface area contributed by atoms with E-state index < -0.39 is 0 Å². The summed E-state index contributed by atoms with van der Waals surface area (Å²) in [6.07, 6.45) is 4.12. The summed E-state index contributed by atoms with van der Waals surface area (Å²) in [5.74, 6) is 0. The van der Waals surface area contributed by atoms with Gasteiger partial charge < -0.3 is 4.57 Å². The minimum atomic E-state index is 0.893. The lowest BCUT2D eigenvalue weighted by Gasteiger charge is -2.02. The Morgan fingerprint density at radius 2 is 2.00 bits per heavy atom. The summed E-state index contributed by atoms with van der Waals surface area (Å²) in [5, 5.41) is 4.29. The Balaban J connectivity index is 2.23. The maximum absolute atomic E-state index is 4.29. The van der Waals surface area contributed by atoms with Crippen molar-refractivity contribution in [3.8, 4) is 0 Å². The van der Waals surface area contributed by atoms with E-state index in [0.717, 1.165) is 12.2 Å². The van der Waals surface area contributed by atoms with Gasteiger partial charge in [-0.05, 0) is 25.1 Å². The van der Waals surface area contributed by atoms with Crippen LogP contribution in [0.4, 0.5) is 0 Å². The second-order valence-corrected chi connectivity index (χ2v) is 3.26. The van der Waals surface area contributed by atoms with Crippen molar-refractivity contribution in [2.75, 3.05) is 0 Å². The van der Waals surface area contributed by atoms with E-state index in [1.54, 1.807) is 0 Å². The highest BCUT2D eigenvalue weighted by atomic mass is 15.3. The Hall–Kier alpha value is -1.51. The first-order valence-corrected chi connectivity index (χ1v) is 4.36. The SMILES string of the molecule is Cc1cc(Cn2cccc2)n(C)n1. The van der Waals surface area contributed by atoms with Gasteiger partial charge in [0, 0.05) is 19.4 Å². The largest absolute Gasteiger partial charge is 0.348 e. The molecule has 0 aliphatic carbocycles. The van der Waals surface area contributed by atoms with E-state index in [2.05, 4.69) is 28.1 Å². The second-order valence-electron chi connectivity index (χ2n) is 3.26. The van der Waals surface area contributed by atoms with Crippen LogP contribution in [-0.2, 0) is 13.6 Å². The predicted octanol–water partition coefficient (Wildman–Crippen LogP) is 1.58. The van der Waals surface area contributed by atoms with Crippen LogP contribution >= 0.6 is 0 Å². The van der Waals surface area contributed by atoms with Gasteiger partial charge in [-0.3, -0.25) is 4.68 Å². The van der Waals surface area contributed by atoms with Crippen LogP contribution in [0.25, 0.3) is 0 Å². The minimum Gasteiger partial charge on any atom is -0.348 e. The fraction of sp³-hybridized carbons (Fsp3) is 0.300. The molecular formula is C10H13N3. The molecule has 3 nitrogen and oxygen atoms in total. The summed E-state index contributed by atoms with van der Waals surface area (Å²) >= 11 is 0. The minimum absolute atomic E-state index is 0.893. The molecular weight excluding hydrogens is 162 g/mol. The maximum Gasteiger partial charge on any atom is 0.0639 e. The van der Waals surface area contributed by atoms with Gasteiger partial charge in [0.1, 0.15) is 0 Å². The van der Waals surface area contributed by atoms with Crippen LogP contribution in [0.15, 0.2) is 30.6 Å². The highest BCUT2D eigenvalue weighted by molar-refractivity contribution is 5.09. The number of aromatic nitrogens is 3. The highest BCUT2D eigenvalue weighted by Gasteiger charge is 2.01. The zero-order valence-corrected chi connectivity index (χ0v) is 7.94. The summed E-state index contributed by atoms with van der Waals surface area (Å²) in [6, 6.07) is 6.17. The van der Waals surface area contributed by atoms with E-state index in [0.29, 0.717) is 0 Å². The van der Waals surface area contributed by atoms with Gasteiger partial charge in [0.2, 0.25) is 0 Å². The van der Waals surface area contributed by atoms with E-state index >= 15 is 0 Å². The predicted molar refractivity (Wildman–Crippen MR) is 51.5 cm³/mol. The van der Waals surface area contributed by atoms with Gasteiger partial charge in [-0.2, -0.15) is 5.10 Å². The van der Waals surface area contributed by atoms with Crippen molar-refractivity contribution >= 4 is 0 Å². The van der Waals surface area contributed by atoms with Crippen LogP contribution in [0, 0.1) is 6.92 Å². The third kappa shape index (κ3) is 1.64. The lowest BCUT2D eigenvalue weighted by molar-refractivity contribution is 0.665. The first-order valence-electron chi connectivity index (χ1n) is 4.36. The smallest absolute Gasteiger partial charge is 0.0639 e. The van der Waals surface area contributed by atoms with Gasteiger partial charge in [-0.1, -0.05) is 0 Å². The van der Waals surface area contributed by atoms with Crippen LogP contribution < -0.4 is 0 Å². The summed E-state index contributed by atoms with van der Waals surface area (Å²) in [5.41, 5.74) is 2.30. The van der Waals surface area contributed by atoms with E-state index in [9.17, 15) is 0 Å². The topological polar surface area (TPSA) is 22.8 Å². The second kappa shape index (κ2) is 3.09. The zero-order valence-electron chi connectivity index (χ0n) is 7.94. The first kappa shape index (κ1) is 8.10. The lowest BCUT2D eigenvalue weighted by Crippen LogP contribution is -2.03. The zero-order chi connectivity index (χ0) is 9.26. The van der Waals surface area contributed by atoms with E-state index in [1.807, 2.05) is 30.8 Å². The van der Waals surface area contributed by atoms with Crippen molar-refractivity contribution in [1.82, 2.24) is 14.3 Å². The van der Waals surface area contributed by atoms with Crippen LogP contribution in [0.5, 0.6) is 0 Å². The number of nitrogens with zero attached hydrogens (tertiary/aromatic N) is 3. The monoisotopic (exact) mass is 175 g/mol. The molecule has 0 aromatic carbocycles. The molecule has 13 heavy (non-hydrogen) atoms. The normalized spacial score (nSPS) is 10.6. The Morgan fingerprint density at radius 3 is 2.54 bits per heavy atom. The summed E-state index contributed by atoms with van der Waals surface area (Å²) in [6.45, 7) is 2.91. The first-order chi connectivity index (χ1) is 6.25. The molecule has 3 heteroatoms. The van der Waals surface area contributed by atoms with Crippen molar-refractivity contribution in [3.63, 3.8) is 0 Å². The summed E-state index contributed by atoms with van der Waals surface area (Å²) < 4.78 is 4.06. The van der Waals surface area contributed by atoms with Crippen LogP contribution in [0.3, 0.4) is 0 Å². The molecule has 2 rings (SSSR count). The van der Waals surface area contributed by atoms with Crippen molar-refractivity contribution in [3.05, 3.63) is 42.0 Å². The third-order valence-corrected chi connectivity index (χ3v) is 2.11.